The Labute approximate surface area is 140 Å². The summed E-state index contributed by atoms with van der Waals surface area (Å²) in [5, 5.41) is 9.24. The summed E-state index contributed by atoms with van der Waals surface area (Å²) in [6.07, 6.45) is -0.169. The molecule has 0 saturated heterocycles. The molecule has 0 aliphatic heterocycles. The largest absolute Gasteiger partial charge is 0.497 e. The predicted molar refractivity (Wildman–Crippen MR) is 89.4 cm³/mol. The summed E-state index contributed by atoms with van der Waals surface area (Å²) in [6.45, 7) is 0. The molecule has 24 heavy (non-hydrogen) atoms. The zero-order valence-corrected chi connectivity index (χ0v) is 14.1. The third-order valence-corrected chi connectivity index (χ3v) is 3.63. The first-order valence-electron chi connectivity index (χ1n) is 7.23. The van der Waals surface area contributed by atoms with Gasteiger partial charge in [0.1, 0.15) is 5.75 Å². The van der Waals surface area contributed by atoms with Gasteiger partial charge in [-0.15, -0.1) is 0 Å². The SMILES string of the molecule is COc1ccc(-c2c(CC(=O)O)cc(OC)c(OC)c2OC)cc1. The van der Waals surface area contributed by atoms with E-state index in [1.165, 1.54) is 21.3 Å². The number of benzene rings is 2. The van der Waals surface area contributed by atoms with Gasteiger partial charge >= 0.3 is 5.97 Å². The highest BCUT2D eigenvalue weighted by Gasteiger charge is 2.23. The van der Waals surface area contributed by atoms with Gasteiger partial charge in [-0.05, 0) is 29.3 Å². The molecule has 0 radical (unpaired) electrons. The summed E-state index contributed by atoms with van der Waals surface area (Å²) < 4.78 is 21.4. The Hall–Kier alpha value is -2.89. The zero-order chi connectivity index (χ0) is 17.7. The fraction of sp³-hybridized carbons (Fsp3) is 0.278. The van der Waals surface area contributed by atoms with Crippen LogP contribution in [0.25, 0.3) is 11.1 Å². The van der Waals surface area contributed by atoms with Gasteiger partial charge in [-0.1, -0.05) is 12.1 Å². The second-order valence-corrected chi connectivity index (χ2v) is 4.98. The molecule has 1 N–H and O–H groups in total. The van der Waals surface area contributed by atoms with E-state index in [4.69, 9.17) is 18.9 Å². The lowest BCUT2D eigenvalue weighted by molar-refractivity contribution is -0.136. The molecule has 2 aromatic carbocycles. The van der Waals surface area contributed by atoms with Crippen LogP contribution >= 0.6 is 0 Å². The van der Waals surface area contributed by atoms with Crippen molar-refractivity contribution in [2.45, 2.75) is 6.42 Å². The molecule has 2 rings (SSSR count). The molecule has 6 nitrogen and oxygen atoms in total. The summed E-state index contributed by atoms with van der Waals surface area (Å²) in [6, 6.07) is 8.95. The molecular weight excluding hydrogens is 312 g/mol. The summed E-state index contributed by atoms with van der Waals surface area (Å²) in [5.41, 5.74) is 2.02. The number of hydrogen-bond acceptors (Lipinski definition) is 5. The Morgan fingerprint density at radius 1 is 0.917 bits per heavy atom. The van der Waals surface area contributed by atoms with E-state index in [-0.39, 0.29) is 6.42 Å². The van der Waals surface area contributed by atoms with E-state index in [2.05, 4.69) is 0 Å². The average molecular weight is 332 g/mol. The van der Waals surface area contributed by atoms with E-state index < -0.39 is 5.97 Å². The van der Waals surface area contributed by atoms with Crippen molar-refractivity contribution in [2.24, 2.45) is 0 Å². The van der Waals surface area contributed by atoms with Gasteiger partial charge in [-0.25, -0.2) is 0 Å². The Morgan fingerprint density at radius 2 is 1.54 bits per heavy atom. The summed E-state index contributed by atoms with van der Waals surface area (Å²) in [7, 11) is 6.10. The lowest BCUT2D eigenvalue weighted by Crippen LogP contribution is -2.06. The third-order valence-electron chi connectivity index (χ3n) is 3.63. The van der Waals surface area contributed by atoms with Crippen molar-refractivity contribution in [2.75, 3.05) is 28.4 Å². The fourth-order valence-corrected chi connectivity index (χ4v) is 2.58. The van der Waals surface area contributed by atoms with Gasteiger partial charge in [0.25, 0.3) is 0 Å². The minimum absolute atomic E-state index is 0.169. The van der Waals surface area contributed by atoms with E-state index in [1.54, 1.807) is 25.3 Å². The van der Waals surface area contributed by atoms with Gasteiger partial charge in [0, 0.05) is 5.56 Å². The van der Waals surface area contributed by atoms with Crippen molar-refractivity contribution in [3.8, 4) is 34.1 Å². The predicted octanol–water partition coefficient (Wildman–Crippen LogP) is 3.02. The number of rotatable bonds is 7. The first kappa shape index (κ1) is 17.5. The number of hydrogen-bond donors (Lipinski definition) is 1. The molecule has 2 aromatic rings. The molecule has 0 atom stereocenters. The van der Waals surface area contributed by atoms with E-state index in [0.717, 1.165) is 5.56 Å². The van der Waals surface area contributed by atoms with Gasteiger partial charge in [0.05, 0.1) is 34.9 Å². The number of ether oxygens (including phenoxy) is 4. The third kappa shape index (κ3) is 3.37. The molecule has 0 amide bonds. The molecular formula is C18H20O6. The number of aliphatic carboxylic acids is 1. The number of carbonyl (C=O) groups is 1. The molecule has 6 heteroatoms. The molecule has 0 unspecified atom stereocenters. The number of methoxy groups -OCH3 is 4. The standard InChI is InChI=1S/C18H20O6/c1-21-13-7-5-11(6-8-13)16-12(10-15(19)20)9-14(22-2)17(23-3)18(16)24-4/h5-9H,10H2,1-4H3,(H,19,20). The maximum absolute atomic E-state index is 11.3. The molecule has 0 heterocycles. The molecule has 0 aromatic heterocycles. The van der Waals surface area contributed by atoms with Crippen LogP contribution in [0, 0.1) is 0 Å². The van der Waals surface area contributed by atoms with Crippen LogP contribution in [0.15, 0.2) is 30.3 Å². The van der Waals surface area contributed by atoms with Gasteiger partial charge in [-0.2, -0.15) is 0 Å². The quantitative estimate of drug-likeness (QED) is 0.840. The van der Waals surface area contributed by atoms with Crippen molar-refractivity contribution in [1.82, 2.24) is 0 Å². The van der Waals surface area contributed by atoms with Crippen LogP contribution in [0.4, 0.5) is 0 Å². The van der Waals surface area contributed by atoms with Crippen molar-refractivity contribution < 1.29 is 28.8 Å². The molecule has 0 saturated carbocycles. The Balaban J connectivity index is 2.74. The monoisotopic (exact) mass is 332 g/mol. The van der Waals surface area contributed by atoms with Crippen LogP contribution in [0.1, 0.15) is 5.56 Å². The molecule has 0 aliphatic rings. The van der Waals surface area contributed by atoms with Crippen LogP contribution in [-0.4, -0.2) is 39.5 Å². The van der Waals surface area contributed by atoms with Crippen molar-refractivity contribution >= 4 is 5.97 Å². The smallest absolute Gasteiger partial charge is 0.307 e. The molecule has 0 spiro atoms. The highest BCUT2D eigenvalue weighted by molar-refractivity contribution is 5.84. The highest BCUT2D eigenvalue weighted by atomic mass is 16.5. The van der Waals surface area contributed by atoms with E-state index >= 15 is 0 Å². The van der Waals surface area contributed by atoms with Crippen LogP contribution in [0.5, 0.6) is 23.0 Å². The Kier molecular flexibility index (Phi) is 5.52. The zero-order valence-electron chi connectivity index (χ0n) is 14.1. The maximum Gasteiger partial charge on any atom is 0.307 e. The van der Waals surface area contributed by atoms with Crippen molar-refractivity contribution in [1.29, 1.82) is 0 Å². The summed E-state index contributed by atoms with van der Waals surface area (Å²) >= 11 is 0. The van der Waals surface area contributed by atoms with Crippen LogP contribution < -0.4 is 18.9 Å². The van der Waals surface area contributed by atoms with E-state index in [9.17, 15) is 9.90 Å². The summed E-state index contributed by atoms with van der Waals surface area (Å²) in [5.74, 6) is 1.03. The van der Waals surface area contributed by atoms with Crippen molar-refractivity contribution in [3.63, 3.8) is 0 Å². The van der Waals surface area contributed by atoms with Gasteiger partial charge in [-0.3, -0.25) is 4.79 Å². The van der Waals surface area contributed by atoms with E-state index in [1.807, 2.05) is 12.1 Å². The van der Waals surface area contributed by atoms with Crippen LogP contribution in [-0.2, 0) is 11.2 Å². The topological polar surface area (TPSA) is 74.2 Å². The van der Waals surface area contributed by atoms with Crippen LogP contribution in [0.2, 0.25) is 0 Å². The molecule has 0 bridgehead atoms. The second kappa shape index (κ2) is 7.59. The van der Waals surface area contributed by atoms with Gasteiger partial charge < -0.3 is 24.1 Å². The van der Waals surface area contributed by atoms with E-state index in [0.29, 0.717) is 34.1 Å². The molecule has 128 valence electrons. The van der Waals surface area contributed by atoms with Crippen LogP contribution in [0.3, 0.4) is 0 Å². The maximum atomic E-state index is 11.3. The Morgan fingerprint density at radius 3 is 2.00 bits per heavy atom. The minimum Gasteiger partial charge on any atom is -0.497 e. The fourth-order valence-electron chi connectivity index (χ4n) is 2.58. The Bertz CT molecular complexity index is 721. The number of carboxylic acids is 1. The molecule has 0 aliphatic carbocycles. The van der Waals surface area contributed by atoms with Gasteiger partial charge in [0.15, 0.2) is 11.5 Å². The van der Waals surface area contributed by atoms with Gasteiger partial charge in [0.2, 0.25) is 5.75 Å². The lowest BCUT2D eigenvalue weighted by atomic mass is 9.95. The number of carboxylic acid groups (broad SMARTS) is 1. The lowest BCUT2D eigenvalue weighted by Gasteiger charge is -2.19. The first-order chi connectivity index (χ1) is 11.5. The van der Waals surface area contributed by atoms with Crippen molar-refractivity contribution in [3.05, 3.63) is 35.9 Å². The highest BCUT2D eigenvalue weighted by Crippen LogP contribution is 2.47. The normalized spacial score (nSPS) is 10.2. The average Bonchev–Trinajstić information content (AvgIpc) is 2.60. The second-order valence-electron chi connectivity index (χ2n) is 4.98. The summed E-state index contributed by atoms with van der Waals surface area (Å²) in [4.78, 5) is 11.3. The minimum atomic E-state index is -0.945. The molecule has 0 fully saturated rings. The first-order valence-corrected chi connectivity index (χ1v) is 7.23.